The highest BCUT2D eigenvalue weighted by atomic mass is 32.1. The molecular weight excluding hydrogens is 238 g/mol. The van der Waals surface area contributed by atoms with Crippen molar-refractivity contribution in [2.45, 2.75) is 38.6 Å². The van der Waals surface area contributed by atoms with Crippen LogP contribution in [0.4, 0.5) is 0 Å². The number of carboxylic acids is 1. The lowest BCUT2D eigenvalue weighted by Gasteiger charge is -2.21. The van der Waals surface area contributed by atoms with Crippen LogP contribution in [-0.4, -0.2) is 22.5 Å². The first-order chi connectivity index (χ1) is 7.79. The summed E-state index contributed by atoms with van der Waals surface area (Å²) >= 11 is 1.36. The molecule has 2 N–H and O–H groups in total. The first kappa shape index (κ1) is 13.7. The van der Waals surface area contributed by atoms with Crippen LogP contribution < -0.4 is 5.32 Å². The molecule has 1 heterocycles. The highest BCUT2D eigenvalue weighted by Gasteiger charge is 2.25. The molecule has 17 heavy (non-hydrogen) atoms. The van der Waals surface area contributed by atoms with E-state index in [-0.39, 0.29) is 17.9 Å². The molecule has 94 valence electrons. The Morgan fingerprint density at radius 1 is 1.47 bits per heavy atom. The third kappa shape index (κ3) is 4.56. The third-order valence-electron chi connectivity index (χ3n) is 2.09. The molecule has 0 fully saturated rings. The predicted molar refractivity (Wildman–Crippen MR) is 67.2 cm³/mol. The summed E-state index contributed by atoms with van der Waals surface area (Å²) in [5.41, 5.74) is -0.338. The number of amides is 1. The monoisotopic (exact) mass is 255 g/mol. The average molecular weight is 255 g/mol. The minimum atomic E-state index is -0.962. The van der Waals surface area contributed by atoms with Crippen LogP contribution in [0, 0.1) is 0 Å². The molecule has 0 unspecified atom stereocenters. The van der Waals surface area contributed by atoms with E-state index in [1.165, 1.54) is 11.3 Å². The van der Waals surface area contributed by atoms with E-state index in [0.717, 1.165) is 0 Å². The molecule has 0 saturated heterocycles. The zero-order valence-corrected chi connectivity index (χ0v) is 11.0. The van der Waals surface area contributed by atoms with Gasteiger partial charge in [0.2, 0.25) is 5.91 Å². The lowest BCUT2D eigenvalue weighted by atomic mass is 10.0. The Bertz CT molecular complexity index is 392. The number of hydrogen-bond acceptors (Lipinski definition) is 3. The molecular formula is C12H17NO3S. The van der Waals surface area contributed by atoms with Gasteiger partial charge < -0.3 is 10.4 Å². The molecule has 4 nitrogen and oxygen atoms in total. The summed E-state index contributed by atoms with van der Waals surface area (Å²) < 4.78 is 0. The van der Waals surface area contributed by atoms with Crippen LogP contribution in [0.2, 0.25) is 0 Å². The normalized spacial score (nSPS) is 13.1. The first-order valence-electron chi connectivity index (χ1n) is 5.37. The number of thiophene rings is 1. The highest BCUT2D eigenvalue weighted by molar-refractivity contribution is 7.10. The molecule has 0 aliphatic carbocycles. The summed E-state index contributed by atoms with van der Waals surface area (Å²) in [5, 5.41) is 13.7. The van der Waals surface area contributed by atoms with E-state index in [2.05, 4.69) is 5.32 Å². The summed E-state index contributed by atoms with van der Waals surface area (Å²) in [7, 11) is 0. The Labute approximate surface area is 105 Å². The molecule has 5 heteroatoms. The van der Waals surface area contributed by atoms with Crippen molar-refractivity contribution in [1.82, 2.24) is 5.32 Å². The molecule has 0 bridgehead atoms. The van der Waals surface area contributed by atoms with Gasteiger partial charge in [-0.3, -0.25) is 9.59 Å². The van der Waals surface area contributed by atoms with Crippen LogP contribution in [-0.2, 0) is 9.59 Å². The number of nitrogens with one attached hydrogen (secondary N) is 1. The number of carbonyl (C=O) groups is 2. The second-order valence-electron chi connectivity index (χ2n) is 4.91. The van der Waals surface area contributed by atoms with E-state index >= 15 is 0 Å². The summed E-state index contributed by atoms with van der Waals surface area (Å²) in [6.07, 6.45) is -0.0207. The molecule has 1 amide bonds. The number of carboxylic acid groups (broad SMARTS) is 1. The second-order valence-corrected chi connectivity index (χ2v) is 5.89. The molecule has 0 aliphatic heterocycles. The van der Waals surface area contributed by atoms with E-state index in [0.29, 0.717) is 4.88 Å². The summed E-state index contributed by atoms with van der Waals surface area (Å²) in [4.78, 5) is 23.5. The van der Waals surface area contributed by atoms with Gasteiger partial charge in [0.1, 0.15) is 0 Å². The Balaban J connectivity index is 2.69. The maximum absolute atomic E-state index is 11.7. The standard InChI is InChI=1S/C12H17NO3S/c1-12(2,3)13-10(14)7-8(11(15)16)9-5-4-6-17-9/h4-6,8H,7H2,1-3H3,(H,13,14)(H,15,16)/t8-/m0/s1. The first-order valence-corrected chi connectivity index (χ1v) is 6.25. The molecule has 1 aromatic rings. The zero-order valence-electron chi connectivity index (χ0n) is 10.2. The predicted octanol–water partition coefficient (Wildman–Crippen LogP) is 2.22. The van der Waals surface area contributed by atoms with E-state index in [4.69, 9.17) is 5.11 Å². The van der Waals surface area contributed by atoms with Crippen molar-refractivity contribution in [2.75, 3.05) is 0 Å². The van der Waals surface area contributed by atoms with Gasteiger partial charge in [-0.2, -0.15) is 0 Å². The molecule has 1 atom stereocenters. The van der Waals surface area contributed by atoms with E-state index in [1.54, 1.807) is 12.1 Å². The Morgan fingerprint density at radius 2 is 2.12 bits per heavy atom. The van der Waals surface area contributed by atoms with Crippen molar-refractivity contribution in [3.05, 3.63) is 22.4 Å². The van der Waals surface area contributed by atoms with Gasteiger partial charge in [-0.15, -0.1) is 11.3 Å². The fourth-order valence-electron chi connectivity index (χ4n) is 1.45. The number of aliphatic carboxylic acids is 1. The van der Waals surface area contributed by atoms with Crippen LogP contribution in [0.1, 0.15) is 38.0 Å². The molecule has 0 saturated carbocycles. The van der Waals surface area contributed by atoms with Gasteiger partial charge in [0.05, 0.1) is 5.92 Å². The molecule has 0 spiro atoms. The maximum atomic E-state index is 11.7. The zero-order chi connectivity index (χ0) is 13.1. The van der Waals surface area contributed by atoms with E-state index in [1.807, 2.05) is 26.2 Å². The number of hydrogen-bond donors (Lipinski definition) is 2. The van der Waals surface area contributed by atoms with Crippen molar-refractivity contribution in [3.8, 4) is 0 Å². The minimum Gasteiger partial charge on any atom is -0.481 e. The van der Waals surface area contributed by atoms with Gasteiger partial charge in [0.15, 0.2) is 0 Å². The number of rotatable bonds is 4. The van der Waals surface area contributed by atoms with Gasteiger partial charge in [0, 0.05) is 16.8 Å². The average Bonchev–Trinajstić information content (AvgIpc) is 2.63. The van der Waals surface area contributed by atoms with Crippen LogP contribution >= 0.6 is 11.3 Å². The molecule has 1 aromatic heterocycles. The van der Waals surface area contributed by atoms with Crippen LogP contribution in [0.15, 0.2) is 17.5 Å². The number of carbonyl (C=O) groups excluding carboxylic acids is 1. The van der Waals surface area contributed by atoms with Gasteiger partial charge in [-0.25, -0.2) is 0 Å². The smallest absolute Gasteiger partial charge is 0.312 e. The fourth-order valence-corrected chi connectivity index (χ4v) is 2.27. The second kappa shape index (κ2) is 5.31. The lowest BCUT2D eigenvalue weighted by Crippen LogP contribution is -2.41. The van der Waals surface area contributed by atoms with Gasteiger partial charge in [0.25, 0.3) is 0 Å². The van der Waals surface area contributed by atoms with Gasteiger partial charge >= 0.3 is 5.97 Å². The lowest BCUT2D eigenvalue weighted by molar-refractivity contribution is -0.141. The Hall–Kier alpha value is -1.36. The summed E-state index contributed by atoms with van der Waals surface area (Å²) in [6, 6.07) is 3.53. The fraction of sp³-hybridized carbons (Fsp3) is 0.500. The Morgan fingerprint density at radius 3 is 2.53 bits per heavy atom. The highest BCUT2D eigenvalue weighted by Crippen LogP contribution is 2.24. The van der Waals surface area contributed by atoms with Crippen LogP contribution in [0.5, 0.6) is 0 Å². The van der Waals surface area contributed by atoms with Crippen LogP contribution in [0.3, 0.4) is 0 Å². The minimum absolute atomic E-state index is 0.0207. The quantitative estimate of drug-likeness (QED) is 0.867. The molecule has 0 aliphatic rings. The van der Waals surface area contributed by atoms with Crippen molar-refractivity contribution in [2.24, 2.45) is 0 Å². The SMILES string of the molecule is CC(C)(C)NC(=O)C[C@H](C(=O)O)c1cccs1. The molecule has 0 aromatic carbocycles. The van der Waals surface area contributed by atoms with Gasteiger partial charge in [-0.1, -0.05) is 6.07 Å². The van der Waals surface area contributed by atoms with Crippen molar-refractivity contribution < 1.29 is 14.7 Å². The van der Waals surface area contributed by atoms with E-state index < -0.39 is 11.9 Å². The largest absolute Gasteiger partial charge is 0.481 e. The topological polar surface area (TPSA) is 66.4 Å². The van der Waals surface area contributed by atoms with Crippen molar-refractivity contribution in [1.29, 1.82) is 0 Å². The molecule has 1 rings (SSSR count). The van der Waals surface area contributed by atoms with E-state index in [9.17, 15) is 9.59 Å². The van der Waals surface area contributed by atoms with Crippen molar-refractivity contribution >= 4 is 23.2 Å². The maximum Gasteiger partial charge on any atom is 0.312 e. The van der Waals surface area contributed by atoms with Crippen molar-refractivity contribution in [3.63, 3.8) is 0 Å². The summed E-state index contributed by atoms with van der Waals surface area (Å²) in [5.74, 6) is -1.95. The van der Waals surface area contributed by atoms with Gasteiger partial charge in [-0.05, 0) is 32.2 Å². The molecule has 0 radical (unpaired) electrons. The third-order valence-corrected chi connectivity index (χ3v) is 3.07. The Kier molecular flexibility index (Phi) is 4.28. The summed E-state index contributed by atoms with van der Waals surface area (Å²) in [6.45, 7) is 5.60. The van der Waals surface area contributed by atoms with Crippen LogP contribution in [0.25, 0.3) is 0 Å².